The van der Waals surface area contributed by atoms with E-state index in [1.165, 1.54) is 0 Å². The molecule has 2 rings (SSSR count). The Morgan fingerprint density at radius 3 is 2.81 bits per heavy atom. The minimum Gasteiger partial charge on any atom is -0.378 e. The molecule has 0 aromatic carbocycles. The molecule has 2 N–H and O–H groups in total. The lowest BCUT2D eigenvalue weighted by molar-refractivity contribution is -0.0209. The van der Waals surface area contributed by atoms with E-state index in [1.54, 1.807) is 11.3 Å². The largest absolute Gasteiger partial charge is 0.378 e. The normalized spacial score (nSPS) is 17.8. The number of hydrogen-bond acceptors (Lipinski definition) is 6. The van der Waals surface area contributed by atoms with Crippen LogP contribution in [0.3, 0.4) is 0 Å². The van der Waals surface area contributed by atoms with Crippen LogP contribution < -0.4 is 10.8 Å². The van der Waals surface area contributed by atoms with Crippen LogP contribution in [0, 0.1) is 0 Å². The van der Waals surface area contributed by atoms with Crippen molar-refractivity contribution in [1.29, 1.82) is 0 Å². The molecule has 0 radical (unpaired) electrons. The van der Waals surface area contributed by atoms with Gasteiger partial charge in [-0.25, -0.2) is 10.9 Å². The molecule has 0 spiro atoms. The lowest BCUT2D eigenvalue weighted by Crippen LogP contribution is -2.36. The standard InChI is InChI=1S/C10H17N3O2S/c1-10(2,15-11)8-7-12-9(16-8)13-3-5-14-6-4-13/h7H,3-6,11H2,1-2H3. The van der Waals surface area contributed by atoms with E-state index in [-0.39, 0.29) is 0 Å². The number of hydrogen-bond donors (Lipinski definition) is 1. The summed E-state index contributed by atoms with van der Waals surface area (Å²) in [6, 6.07) is 0. The van der Waals surface area contributed by atoms with E-state index in [9.17, 15) is 0 Å². The summed E-state index contributed by atoms with van der Waals surface area (Å²) < 4.78 is 5.31. The van der Waals surface area contributed by atoms with E-state index in [4.69, 9.17) is 15.5 Å². The molecule has 0 aliphatic carbocycles. The summed E-state index contributed by atoms with van der Waals surface area (Å²) in [5.74, 6) is 5.27. The zero-order chi connectivity index (χ0) is 11.6. The first kappa shape index (κ1) is 11.8. The van der Waals surface area contributed by atoms with Crippen LogP contribution in [0.1, 0.15) is 18.7 Å². The predicted octanol–water partition coefficient (Wildman–Crippen LogP) is 1.11. The van der Waals surface area contributed by atoms with Crippen molar-refractivity contribution in [3.05, 3.63) is 11.1 Å². The zero-order valence-corrected chi connectivity index (χ0v) is 10.4. The summed E-state index contributed by atoms with van der Waals surface area (Å²) in [5.41, 5.74) is -0.470. The molecule has 1 aliphatic heterocycles. The Kier molecular flexibility index (Phi) is 3.44. The van der Waals surface area contributed by atoms with Gasteiger partial charge in [0.25, 0.3) is 0 Å². The van der Waals surface area contributed by atoms with Crippen molar-refractivity contribution in [2.45, 2.75) is 19.4 Å². The van der Waals surface area contributed by atoms with Crippen LogP contribution in [0.15, 0.2) is 6.20 Å². The van der Waals surface area contributed by atoms with Gasteiger partial charge >= 0.3 is 0 Å². The quantitative estimate of drug-likeness (QED) is 0.806. The van der Waals surface area contributed by atoms with Gasteiger partial charge in [0.2, 0.25) is 0 Å². The number of anilines is 1. The number of morpholine rings is 1. The van der Waals surface area contributed by atoms with E-state index in [0.717, 1.165) is 36.3 Å². The van der Waals surface area contributed by atoms with Gasteiger partial charge in [-0.3, -0.25) is 4.84 Å². The van der Waals surface area contributed by atoms with Gasteiger partial charge in [0.05, 0.1) is 18.1 Å². The molecule has 1 saturated heterocycles. The van der Waals surface area contributed by atoms with Gasteiger partial charge in [-0.15, -0.1) is 0 Å². The predicted molar refractivity (Wildman–Crippen MR) is 63.4 cm³/mol. The van der Waals surface area contributed by atoms with Crippen molar-refractivity contribution in [3.8, 4) is 0 Å². The molecule has 1 fully saturated rings. The van der Waals surface area contributed by atoms with Crippen LogP contribution in [0.4, 0.5) is 5.13 Å². The van der Waals surface area contributed by atoms with E-state index in [0.29, 0.717) is 0 Å². The molecule has 6 heteroatoms. The molecule has 1 aliphatic rings. The Labute approximate surface area is 99.1 Å². The van der Waals surface area contributed by atoms with E-state index < -0.39 is 5.60 Å². The molecule has 90 valence electrons. The molecule has 0 unspecified atom stereocenters. The third kappa shape index (κ3) is 2.35. The van der Waals surface area contributed by atoms with Crippen molar-refractivity contribution < 1.29 is 9.57 Å². The number of nitrogens with zero attached hydrogens (tertiary/aromatic N) is 2. The second-order valence-corrected chi connectivity index (χ2v) is 5.24. The molecule has 0 saturated carbocycles. The first-order valence-electron chi connectivity index (χ1n) is 5.30. The minimum absolute atomic E-state index is 0.470. The summed E-state index contributed by atoms with van der Waals surface area (Å²) in [4.78, 5) is 12.6. The highest BCUT2D eigenvalue weighted by Crippen LogP contribution is 2.32. The Hall–Kier alpha value is -0.690. The molecular weight excluding hydrogens is 226 g/mol. The summed E-state index contributed by atoms with van der Waals surface area (Å²) >= 11 is 1.63. The molecule has 5 nitrogen and oxygen atoms in total. The van der Waals surface area contributed by atoms with Gasteiger partial charge in [-0.2, -0.15) is 0 Å². The fourth-order valence-electron chi connectivity index (χ4n) is 1.50. The maximum absolute atomic E-state index is 5.31. The van der Waals surface area contributed by atoms with Gasteiger partial charge < -0.3 is 9.64 Å². The number of aromatic nitrogens is 1. The molecule has 0 bridgehead atoms. The monoisotopic (exact) mass is 243 g/mol. The molecule has 1 aromatic heterocycles. The molecule has 2 heterocycles. The molecule has 0 atom stereocenters. The van der Waals surface area contributed by atoms with Crippen LogP contribution in [-0.2, 0) is 15.2 Å². The fourth-order valence-corrected chi connectivity index (χ4v) is 2.52. The van der Waals surface area contributed by atoms with E-state index in [1.807, 2.05) is 20.0 Å². The highest BCUT2D eigenvalue weighted by molar-refractivity contribution is 7.15. The molecule has 16 heavy (non-hydrogen) atoms. The average Bonchev–Trinajstić information content (AvgIpc) is 2.80. The number of rotatable bonds is 3. The average molecular weight is 243 g/mol. The lowest BCUT2D eigenvalue weighted by atomic mass is 10.1. The summed E-state index contributed by atoms with van der Waals surface area (Å²) in [6.07, 6.45) is 1.84. The maximum Gasteiger partial charge on any atom is 0.185 e. The van der Waals surface area contributed by atoms with Crippen molar-refractivity contribution in [3.63, 3.8) is 0 Å². The van der Waals surface area contributed by atoms with Gasteiger partial charge in [0, 0.05) is 19.3 Å². The fraction of sp³-hybridized carbons (Fsp3) is 0.700. The van der Waals surface area contributed by atoms with Crippen molar-refractivity contribution in [2.75, 3.05) is 31.2 Å². The number of ether oxygens (including phenoxy) is 1. The second kappa shape index (κ2) is 4.67. The van der Waals surface area contributed by atoms with Gasteiger partial charge in [0.15, 0.2) is 5.13 Å². The van der Waals surface area contributed by atoms with Crippen LogP contribution in [0.5, 0.6) is 0 Å². The van der Waals surface area contributed by atoms with Crippen LogP contribution in [-0.4, -0.2) is 31.3 Å². The highest BCUT2D eigenvalue weighted by atomic mass is 32.1. The van der Waals surface area contributed by atoms with Crippen molar-refractivity contribution >= 4 is 16.5 Å². The highest BCUT2D eigenvalue weighted by Gasteiger charge is 2.25. The van der Waals surface area contributed by atoms with Gasteiger partial charge in [-0.1, -0.05) is 11.3 Å². The SMILES string of the molecule is CC(C)(ON)c1cnc(N2CCOCC2)s1. The molecule has 0 amide bonds. The zero-order valence-electron chi connectivity index (χ0n) is 9.60. The Bertz CT molecular complexity index is 348. The topological polar surface area (TPSA) is 60.6 Å². The minimum atomic E-state index is -0.470. The smallest absolute Gasteiger partial charge is 0.185 e. The summed E-state index contributed by atoms with van der Waals surface area (Å²) in [6.45, 7) is 7.21. The van der Waals surface area contributed by atoms with Crippen LogP contribution in [0.2, 0.25) is 0 Å². The number of nitrogens with two attached hydrogens (primary N) is 1. The van der Waals surface area contributed by atoms with Gasteiger partial charge in [0.1, 0.15) is 5.60 Å². The van der Waals surface area contributed by atoms with E-state index in [2.05, 4.69) is 9.88 Å². The van der Waals surface area contributed by atoms with Crippen LogP contribution in [0.25, 0.3) is 0 Å². The van der Waals surface area contributed by atoms with Crippen molar-refractivity contribution in [2.24, 2.45) is 5.90 Å². The van der Waals surface area contributed by atoms with Crippen molar-refractivity contribution in [1.82, 2.24) is 4.98 Å². The Balaban J connectivity index is 2.12. The number of thiazole rings is 1. The van der Waals surface area contributed by atoms with E-state index >= 15 is 0 Å². The maximum atomic E-state index is 5.31. The van der Waals surface area contributed by atoms with Crippen LogP contribution >= 0.6 is 11.3 Å². The molecular formula is C10H17N3O2S. The lowest BCUT2D eigenvalue weighted by Gasteiger charge is -2.26. The van der Waals surface area contributed by atoms with Gasteiger partial charge in [-0.05, 0) is 13.8 Å². The third-order valence-corrected chi connectivity index (χ3v) is 4.03. The molecule has 1 aromatic rings. The first-order chi connectivity index (χ1) is 7.63. The second-order valence-electron chi connectivity index (χ2n) is 4.23. The summed E-state index contributed by atoms with van der Waals surface area (Å²) in [7, 11) is 0. The Morgan fingerprint density at radius 2 is 2.19 bits per heavy atom. The first-order valence-corrected chi connectivity index (χ1v) is 6.12. The summed E-state index contributed by atoms with van der Waals surface area (Å²) in [5, 5.41) is 1.02. The third-order valence-electron chi connectivity index (χ3n) is 2.66. The Morgan fingerprint density at radius 1 is 1.50 bits per heavy atom.